The highest BCUT2D eigenvalue weighted by atomic mass is 32.2. The van der Waals surface area contributed by atoms with Crippen LogP contribution in [0.5, 0.6) is 0 Å². The summed E-state index contributed by atoms with van der Waals surface area (Å²) < 4.78 is 26.1. The van der Waals surface area contributed by atoms with Crippen molar-refractivity contribution in [1.82, 2.24) is 9.62 Å². The van der Waals surface area contributed by atoms with Crippen LogP contribution in [-0.4, -0.2) is 43.6 Å². The lowest BCUT2D eigenvalue weighted by Gasteiger charge is -2.53. The molecule has 2 heterocycles. The summed E-state index contributed by atoms with van der Waals surface area (Å²) in [5.41, 5.74) is -0.0647. The van der Waals surface area contributed by atoms with Gasteiger partial charge < -0.3 is 5.32 Å². The van der Waals surface area contributed by atoms with E-state index in [0.29, 0.717) is 5.75 Å². The zero-order valence-corrected chi connectivity index (χ0v) is 10.9. The van der Waals surface area contributed by atoms with E-state index in [1.165, 1.54) is 0 Å². The third-order valence-corrected chi connectivity index (χ3v) is 5.90. The van der Waals surface area contributed by atoms with E-state index < -0.39 is 10.0 Å². The molecule has 0 amide bonds. The predicted molar refractivity (Wildman–Crippen MR) is 64.9 cm³/mol. The lowest BCUT2D eigenvalue weighted by Crippen LogP contribution is -2.68. The second kappa shape index (κ2) is 4.63. The number of unbranched alkanes of at least 4 members (excludes halogenated alkanes) is 1. The van der Waals surface area contributed by atoms with Crippen molar-refractivity contribution in [1.29, 1.82) is 0 Å². The monoisotopic (exact) mass is 246 g/mol. The maximum Gasteiger partial charge on any atom is 0.214 e. The molecule has 94 valence electrons. The molecule has 0 aliphatic carbocycles. The third-order valence-electron chi connectivity index (χ3n) is 3.85. The van der Waals surface area contributed by atoms with Crippen LogP contribution in [-0.2, 0) is 10.0 Å². The molecular formula is C11H22N2O2S. The molecule has 0 aromatic rings. The molecule has 1 N–H and O–H groups in total. The van der Waals surface area contributed by atoms with Crippen molar-refractivity contribution in [2.45, 2.75) is 44.6 Å². The van der Waals surface area contributed by atoms with Crippen LogP contribution in [0.1, 0.15) is 39.0 Å². The van der Waals surface area contributed by atoms with Crippen molar-refractivity contribution in [2.24, 2.45) is 0 Å². The average molecular weight is 246 g/mol. The molecule has 2 fully saturated rings. The summed E-state index contributed by atoms with van der Waals surface area (Å²) in [5.74, 6) is 0.325. The van der Waals surface area contributed by atoms with Crippen molar-refractivity contribution in [2.75, 3.05) is 25.4 Å². The maximum atomic E-state index is 12.1. The van der Waals surface area contributed by atoms with Crippen molar-refractivity contribution in [3.8, 4) is 0 Å². The molecule has 4 nitrogen and oxygen atoms in total. The van der Waals surface area contributed by atoms with E-state index in [0.717, 1.165) is 51.7 Å². The van der Waals surface area contributed by atoms with Gasteiger partial charge in [0.2, 0.25) is 10.0 Å². The fourth-order valence-electron chi connectivity index (χ4n) is 2.77. The fourth-order valence-corrected chi connectivity index (χ4v) is 4.85. The van der Waals surface area contributed by atoms with E-state index in [1.54, 1.807) is 4.31 Å². The van der Waals surface area contributed by atoms with Gasteiger partial charge in [0.05, 0.1) is 5.75 Å². The molecular weight excluding hydrogens is 224 g/mol. The first-order valence-corrected chi connectivity index (χ1v) is 7.93. The van der Waals surface area contributed by atoms with Crippen molar-refractivity contribution < 1.29 is 8.42 Å². The van der Waals surface area contributed by atoms with Crippen LogP contribution in [0.25, 0.3) is 0 Å². The van der Waals surface area contributed by atoms with Gasteiger partial charge in [-0.2, -0.15) is 4.31 Å². The first kappa shape index (κ1) is 12.3. The van der Waals surface area contributed by atoms with Crippen molar-refractivity contribution in [3.05, 3.63) is 0 Å². The molecule has 0 bridgehead atoms. The molecule has 0 aromatic carbocycles. The van der Waals surface area contributed by atoms with Gasteiger partial charge in [-0.1, -0.05) is 13.3 Å². The summed E-state index contributed by atoms with van der Waals surface area (Å²) in [6.45, 7) is 4.64. The number of rotatable bonds is 4. The summed E-state index contributed by atoms with van der Waals surface area (Å²) in [4.78, 5) is 0. The molecule has 1 atom stereocenters. The number of nitrogens with zero attached hydrogens (tertiary/aromatic N) is 1. The first-order chi connectivity index (χ1) is 7.61. The molecule has 5 heteroatoms. The quantitative estimate of drug-likeness (QED) is 0.803. The van der Waals surface area contributed by atoms with Crippen LogP contribution in [0.4, 0.5) is 0 Å². The Labute approximate surface area is 98.4 Å². The zero-order valence-electron chi connectivity index (χ0n) is 10.0. The van der Waals surface area contributed by atoms with Gasteiger partial charge in [-0.25, -0.2) is 8.42 Å². The smallest absolute Gasteiger partial charge is 0.214 e. The van der Waals surface area contributed by atoms with E-state index in [-0.39, 0.29) is 5.54 Å². The zero-order chi connectivity index (χ0) is 11.6. The highest BCUT2D eigenvalue weighted by molar-refractivity contribution is 7.89. The Morgan fingerprint density at radius 1 is 1.38 bits per heavy atom. The van der Waals surface area contributed by atoms with E-state index in [2.05, 4.69) is 5.32 Å². The summed E-state index contributed by atoms with van der Waals surface area (Å²) in [7, 11) is -3.00. The maximum absolute atomic E-state index is 12.1. The van der Waals surface area contributed by atoms with Gasteiger partial charge in [0.25, 0.3) is 0 Å². The average Bonchev–Trinajstić information content (AvgIpc) is 2.25. The minimum absolute atomic E-state index is 0.0647. The van der Waals surface area contributed by atoms with Crippen LogP contribution < -0.4 is 5.32 Å². The summed E-state index contributed by atoms with van der Waals surface area (Å²) >= 11 is 0. The minimum Gasteiger partial charge on any atom is -0.315 e. The van der Waals surface area contributed by atoms with Gasteiger partial charge in [-0.3, -0.25) is 0 Å². The van der Waals surface area contributed by atoms with Gasteiger partial charge in [-0.05, 0) is 32.2 Å². The van der Waals surface area contributed by atoms with E-state index >= 15 is 0 Å². The van der Waals surface area contributed by atoms with Gasteiger partial charge in [-0.15, -0.1) is 0 Å². The van der Waals surface area contributed by atoms with Crippen LogP contribution in [0.15, 0.2) is 0 Å². The molecule has 0 aromatic heterocycles. The van der Waals surface area contributed by atoms with Gasteiger partial charge in [0, 0.05) is 18.6 Å². The van der Waals surface area contributed by atoms with Gasteiger partial charge in [0.1, 0.15) is 0 Å². The number of hydrogen-bond acceptors (Lipinski definition) is 3. The fraction of sp³-hybridized carbons (Fsp3) is 1.00. The molecule has 2 saturated heterocycles. The molecule has 16 heavy (non-hydrogen) atoms. The molecule has 1 spiro atoms. The topological polar surface area (TPSA) is 49.4 Å². The lowest BCUT2D eigenvalue weighted by molar-refractivity contribution is 0.0455. The van der Waals surface area contributed by atoms with Crippen molar-refractivity contribution >= 4 is 10.0 Å². The molecule has 2 rings (SSSR count). The highest BCUT2D eigenvalue weighted by Crippen LogP contribution is 2.38. The minimum atomic E-state index is -3.00. The van der Waals surface area contributed by atoms with Crippen LogP contribution >= 0.6 is 0 Å². The Bertz CT molecular complexity index is 334. The van der Waals surface area contributed by atoms with E-state index in [4.69, 9.17) is 0 Å². The number of sulfonamides is 1. The summed E-state index contributed by atoms with van der Waals surface area (Å²) in [5, 5.41) is 3.33. The molecule has 2 aliphatic heterocycles. The standard InChI is InChI=1S/C11H22N2O2S/c1-2-3-9-16(14,15)13-8-6-11(13)5-4-7-12-10-11/h12H,2-10H2,1H3/t11-/m0/s1. The van der Waals surface area contributed by atoms with E-state index in [1.807, 2.05) is 6.92 Å². The first-order valence-electron chi connectivity index (χ1n) is 6.32. The summed E-state index contributed by atoms with van der Waals surface area (Å²) in [6, 6.07) is 0. The Balaban J connectivity index is 2.04. The van der Waals surface area contributed by atoms with Crippen LogP contribution in [0.3, 0.4) is 0 Å². The number of nitrogens with one attached hydrogen (secondary N) is 1. The predicted octanol–water partition coefficient (Wildman–Crippen LogP) is 0.944. The molecule has 0 radical (unpaired) electrons. The third kappa shape index (κ3) is 2.13. The number of hydrogen-bond donors (Lipinski definition) is 1. The second-order valence-electron chi connectivity index (χ2n) is 5.00. The Morgan fingerprint density at radius 3 is 2.69 bits per heavy atom. The highest BCUT2D eigenvalue weighted by Gasteiger charge is 2.50. The number of piperidine rings is 1. The Hall–Kier alpha value is -0.130. The van der Waals surface area contributed by atoms with Crippen LogP contribution in [0, 0.1) is 0 Å². The SMILES string of the molecule is CCCCS(=O)(=O)N1CC[C@]12CCCNC2. The Kier molecular flexibility index (Phi) is 3.56. The van der Waals surface area contributed by atoms with Gasteiger partial charge in [0.15, 0.2) is 0 Å². The molecule has 0 saturated carbocycles. The molecule has 2 aliphatic rings. The van der Waals surface area contributed by atoms with Crippen LogP contribution in [0.2, 0.25) is 0 Å². The van der Waals surface area contributed by atoms with Crippen molar-refractivity contribution in [3.63, 3.8) is 0 Å². The normalized spacial score (nSPS) is 31.6. The summed E-state index contributed by atoms with van der Waals surface area (Å²) in [6.07, 6.45) is 4.89. The van der Waals surface area contributed by atoms with Gasteiger partial charge >= 0.3 is 0 Å². The Morgan fingerprint density at radius 2 is 2.19 bits per heavy atom. The second-order valence-corrected chi connectivity index (χ2v) is 7.01. The largest absolute Gasteiger partial charge is 0.315 e. The molecule has 0 unspecified atom stereocenters. The lowest BCUT2D eigenvalue weighted by atomic mass is 9.81. The van der Waals surface area contributed by atoms with E-state index in [9.17, 15) is 8.42 Å².